The third kappa shape index (κ3) is 5.44. The monoisotopic (exact) mass is 693 g/mol. The second-order valence-corrected chi connectivity index (χ2v) is 12.8. The normalized spacial score (nSPS) is 12.3. The molecule has 9 aromatic rings. The average Bonchev–Trinajstić information content (AvgIpc) is 3.71. The molecule has 1 atom stereocenters. The zero-order chi connectivity index (χ0) is 36.1. The third-order valence-corrected chi connectivity index (χ3v) is 9.44. The van der Waals surface area contributed by atoms with Crippen LogP contribution in [0.1, 0.15) is 24.3 Å². The molecule has 0 bridgehead atoms. The molecule has 0 spiro atoms. The van der Waals surface area contributed by atoms with Crippen LogP contribution in [0.25, 0.3) is 73.7 Å². The van der Waals surface area contributed by atoms with Gasteiger partial charge in [-0.2, -0.15) is 4.98 Å². The lowest BCUT2D eigenvalue weighted by Gasteiger charge is -2.10. The highest BCUT2D eigenvalue weighted by Crippen LogP contribution is 2.35. The lowest BCUT2D eigenvalue weighted by molar-refractivity contribution is 0.568. The van der Waals surface area contributed by atoms with E-state index in [2.05, 4.69) is 4.98 Å². The molecule has 10 nitrogen and oxygen atoms in total. The van der Waals surface area contributed by atoms with Gasteiger partial charge >= 0.3 is 11.4 Å². The molecular formula is C43H31N7O3. The summed E-state index contributed by atoms with van der Waals surface area (Å²) in [5.74, 6) is 2.49. The van der Waals surface area contributed by atoms with E-state index in [0.29, 0.717) is 34.3 Å². The Hall–Kier alpha value is -7.20. The van der Waals surface area contributed by atoms with Crippen molar-refractivity contribution in [2.45, 2.75) is 19.9 Å². The van der Waals surface area contributed by atoms with Crippen LogP contribution in [-0.4, -0.2) is 33.5 Å². The van der Waals surface area contributed by atoms with Crippen LogP contribution in [0.15, 0.2) is 154 Å². The fourth-order valence-corrected chi connectivity index (χ4v) is 6.86. The summed E-state index contributed by atoms with van der Waals surface area (Å²) < 4.78 is 10.9. The van der Waals surface area contributed by atoms with E-state index < -0.39 is 17.4 Å². The van der Waals surface area contributed by atoms with Gasteiger partial charge in [-0.05, 0) is 50.3 Å². The molecule has 4 aromatic heterocycles. The first kappa shape index (κ1) is 31.8. The molecule has 4 heterocycles. The van der Waals surface area contributed by atoms with Gasteiger partial charge in [0, 0.05) is 33.3 Å². The van der Waals surface area contributed by atoms with Gasteiger partial charge in [-0.25, -0.2) is 33.5 Å². The SMILES string of the molecule is Cc1c(/C=C\C(C)n2c(=O)nc3n(-c4ccccc4)c4ccccc4n3c2=O)oc2cccc(-c3nc(-c4ccccc4)nc(-c4ccccc4)n3)c12. The van der Waals surface area contributed by atoms with Crippen LogP contribution >= 0.6 is 0 Å². The molecule has 0 aliphatic heterocycles. The predicted octanol–water partition coefficient (Wildman–Crippen LogP) is 8.32. The van der Waals surface area contributed by atoms with E-state index in [1.165, 1.54) is 4.40 Å². The number of rotatable bonds is 7. The van der Waals surface area contributed by atoms with Crippen LogP contribution in [0.5, 0.6) is 0 Å². The summed E-state index contributed by atoms with van der Waals surface area (Å²) in [6, 6.07) is 41.9. The summed E-state index contributed by atoms with van der Waals surface area (Å²) in [6.45, 7) is 3.76. The number of hydrogen-bond donors (Lipinski definition) is 0. The number of fused-ring (bicyclic) bond motifs is 4. The maximum Gasteiger partial charge on any atom is 0.355 e. The fourth-order valence-electron chi connectivity index (χ4n) is 6.86. The number of benzene rings is 5. The van der Waals surface area contributed by atoms with Gasteiger partial charge in [0.2, 0.25) is 5.78 Å². The summed E-state index contributed by atoms with van der Waals surface area (Å²) in [7, 11) is 0. The maximum atomic E-state index is 14.1. The van der Waals surface area contributed by atoms with E-state index in [1.54, 1.807) is 19.1 Å². The van der Waals surface area contributed by atoms with Crippen LogP contribution in [0.2, 0.25) is 0 Å². The van der Waals surface area contributed by atoms with E-state index in [-0.39, 0.29) is 5.78 Å². The molecular weight excluding hydrogens is 663 g/mol. The zero-order valence-electron chi connectivity index (χ0n) is 28.8. The zero-order valence-corrected chi connectivity index (χ0v) is 28.8. The van der Waals surface area contributed by atoms with E-state index in [1.807, 2.05) is 145 Å². The van der Waals surface area contributed by atoms with Crippen molar-refractivity contribution in [2.24, 2.45) is 0 Å². The van der Waals surface area contributed by atoms with Gasteiger partial charge in [-0.3, -0.25) is 4.57 Å². The topological polar surface area (TPSA) is 113 Å². The Morgan fingerprint density at radius 2 is 1.23 bits per heavy atom. The van der Waals surface area contributed by atoms with Crippen LogP contribution in [0, 0.1) is 6.92 Å². The summed E-state index contributed by atoms with van der Waals surface area (Å²) in [4.78, 5) is 46.9. The van der Waals surface area contributed by atoms with Gasteiger partial charge in [-0.15, -0.1) is 0 Å². The van der Waals surface area contributed by atoms with Crippen molar-refractivity contribution >= 4 is 33.9 Å². The van der Waals surface area contributed by atoms with Crippen LogP contribution in [0.3, 0.4) is 0 Å². The summed E-state index contributed by atoms with van der Waals surface area (Å²) in [6.07, 6.45) is 3.58. The molecule has 0 aliphatic rings. The Labute approximate surface area is 302 Å². The standard InChI is InChI=1S/C43H31N7O3/c1-27(48-42(51)47-41-49(31-19-10-5-11-20-31)33-22-12-13-23-34(33)50(41)43(48)52)25-26-35-28(2)37-32(21-14-24-36(37)53-35)40-45-38(29-15-6-3-7-16-29)44-39(46-40)30-17-8-4-9-18-30/h3-27H,1-2H3/b26-25-. The highest BCUT2D eigenvalue weighted by atomic mass is 16.3. The minimum absolute atomic E-state index is 0.254. The molecule has 53 heavy (non-hydrogen) atoms. The molecule has 0 amide bonds. The lowest BCUT2D eigenvalue weighted by Crippen LogP contribution is -2.40. The molecule has 0 fully saturated rings. The quantitative estimate of drug-likeness (QED) is 0.165. The Kier molecular flexibility index (Phi) is 7.70. The highest BCUT2D eigenvalue weighted by molar-refractivity contribution is 5.97. The van der Waals surface area contributed by atoms with Crippen molar-refractivity contribution in [3.63, 3.8) is 0 Å². The molecule has 0 aliphatic carbocycles. The van der Waals surface area contributed by atoms with Crippen molar-refractivity contribution in [3.05, 3.63) is 172 Å². The van der Waals surface area contributed by atoms with Crippen molar-refractivity contribution in [3.8, 4) is 39.9 Å². The smallest absolute Gasteiger partial charge is 0.355 e. The van der Waals surface area contributed by atoms with E-state index >= 15 is 0 Å². The Morgan fingerprint density at radius 3 is 1.89 bits per heavy atom. The number of allylic oxidation sites excluding steroid dienone is 1. The van der Waals surface area contributed by atoms with Gasteiger partial charge in [0.05, 0.1) is 17.1 Å². The van der Waals surface area contributed by atoms with Gasteiger partial charge in [-0.1, -0.05) is 109 Å². The third-order valence-electron chi connectivity index (χ3n) is 9.44. The second-order valence-electron chi connectivity index (χ2n) is 12.8. The maximum absolute atomic E-state index is 14.1. The number of aryl methyl sites for hydroxylation is 1. The number of imidazole rings is 1. The first-order valence-corrected chi connectivity index (χ1v) is 17.2. The summed E-state index contributed by atoms with van der Waals surface area (Å²) >= 11 is 0. The number of nitrogens with zero attached hydrogens (tertiary/aromatic N) is 7. The van der Waals surface area contributed by atoms with Crippen molar-refractivity contribution in [2.75, 3.05) is 0 Å². The largest absolute Gasteiger partial charge is 0.456 e. The molecule has 1 unspecified atom stereocenters. The Morgan fingerprint density at radius 1 is 0.642 bits per heavy atom. The lowest BCUT2D eigenvalue weighted by atomic mass is 10.0. The summed E-state index contributed by atoms with van der Waals surface area (Å²) in [5, 5.41) is 0.859. The number of aromatic nitrogens is 7. The number of hydrogen-bond acceptors (Lipinski definition) is 7. The second kappa shape index (κ2) is 12.8. The Bertz CT molecular complexity index is 2900. The first-order valence-electron chi connectivity index (χ1n) is 17.2. The average molecular weight is 694 g/mol. The highest BCUT2D eigenvalue weighted by Gasteiger charge is 2.21. The summed E-state index contributed by atoms with van der Waals surface area (Å²) in [5.41, 5.74) is 5.17. The Balaban J connectivity index is 1.13. The van der Waals surface area contributed by atoms with Gasteiger partial charge < -0.3 is 4.42 Å². The molecule has 0 saturated heterocycles. The van der Waals surface area contributed by atoms with E-state index in [0.717, 1.165) is 43.4 Å². The van der Waals surface area contributed by atoms with Crippen LogP contribution in [0.4, 0.5) is 0 Å². The molecule has 0 saturated carbocycles. The molecule has 256 valence electrons. The molecule has 9 rings (SSSR count). The van der Waals surface area contributed by atoms with E-state index in [9.17, 15) is 9.59 Å². The van der Waals surface area contributed by atoms with Crippen LogP contribution < -0.4 is 11.4 Å². The van der Waals surface area contributed by atoms with E-state index in [4.69, 9.17) is 19.4 Å². The molecule has 5 aromatic carbocycles. The van der Waals surface area contributed by atoms with Crippen LogP contribution in [-0.2, 0) is 0 Å². The number of para-hydroxylation sites is 3. The molecule has 10 heteroatoms. The minimum atomic E-state index is -0.644. The first-order chi connectivity index (χ1) is 26.0. The van der Waals surface area contributed by atoms with Crippen molar-refractivity contribution in [1.82, 2.24) is 33.5 Å². The van der Waals surface area contributed by atoms with Gasteiger partial charge in [0.1, 0.15) is 11.3 Å². The van der Waals surface area contributed by atoms with Gasteiger partial charge in [0.25, 0.3) is 0 Å². The minimum Gasteiger partial charge on any atom is -0.456 e. The molecule has 0 N–H and O–H groups in total. The van der Waals surface area contributed by atoms with Crippen molar-refractivity contribution < 1.29 is 4.42 Å². The predicted molar refractivity (Wildman–Crippen MR) is 207 cm³/mol. The number of furan rings is 1. The molecule has 0 radical (unpaired) electrons. The van der Waals surface area contributed by atoms with Gasteiger partial charge in [0.15, 0.2) is 17.5 Å². The fraction of sp³-hybridized carbons (Fsp3) is 0.0698. The van der Waals surface area contributed by atoms with Crippen molar-refractivity contribution in [1.29, 1.82) is 0 Å².